The Morgan fingerprint density at radius 3 is 2.32 bits per heavy atom. The number of Topliss-reactive ketones (excluding diaryl/α,β-unsaturated/α-hetero) is 1. The molecule has 0 fully saturated rings. The van der Waals surface area contributed by atoms with Crippen LogP contribution in [-0.2, 0) is 23.5 Å². The predicted octanol–water partition coefficient (Wildman–Crippen LogP) is 1.38. The van der Waals surface area contributed by atoms with Gasteiger partial charge in [-0.3, -0.25) is 18.9 Å². The maximum absolute atomic E-state index is 12.0. The van der Waals surface area contributed by atoms with E-state index >= 15 is 0 Å². The third kappa shape index (κ3) is 16.3. The maximum atomic E-state index is 12.0. The molecule has 0 bridgehead atoms. The van der Waals surface area contributed by atoms with Gasteiger partial charge in [-0.05, 0) is 6.42 Å². The Morgan fingerprint density at radius 2 is 1.71 bits per heavy atom. The number of ketones is 1. The first-order valence-electron chi connectivity index (χ1n) is 10.4. The number of amides is 2. The van der Waals surface area contributed by atoms with Crippen molar-refractivity contribution >= 4 is 37.2 Å². The number of aliphatic hydroxyl groups is 1. The lowest BCUT2D eigenvalue weighted by molar-refractivity contribution is -0.137. The largest absolute Gasteiger partial charge is 0.469 e. The van der Waals surface area contributed by atoms with Gasteiger partial charge in [-0.1, -0.05) is 33.6 Å². The molecule has 12 heteroatoms. The fourth-order valence-electron chi connectivity index (χ4n) is 2.42. The summed E-state index contributed by atoms with van der Waals surface area (Å²) in [5, 5.41) is 15.2. The van der Waals surface area contributed by atoms with Crippen molar-refractivity contribution in [1.29, 1.82) is 0 Å². The number of carbonyl (C=O) groups is 3. The monoisotopic (exact) mass is 484 g/mol. The molecule has 0 aromatic carbocycles. The van der Waals surface area contributed by atoms with Crippen molar-refractivity contribution in [3.8, 4) is 0 Å². The van der Waals surface area contributed by atoms with Crippen LogP contribution in [0, 0.1) is 5.41 Å². The molecule has 31 heavy (non-hydrogen) atoms. The van der Waals surface area contributed by atoms with Gasteiger partial charge in [-0.2, -0.15) is 11.8 Å². The number of rotatable bonds is 18. The van der Waals surface area contributed by atoms with Crippen LogP contribution in [0.5, 0.6) is 0 Å². The summed E-state index contributed by atoms with van der Waals surface area (Å²) in [7, 11) is -4.71. The van der Waals surface area contributed by atoms with Crippen LogP contribution < -0.4 is 10.6 Å². The second-order valence-electron chi connectivity index (χ2n) is 7.90. The minimum absolute atomic E-state index is 0.0105. The zero-order chi connectivity index (χ0) is 23.9. The van der Waals surface area contributed by atoms with Crippen LogP contribution in [0.4, 0.5) is 0 Å². The molecule has 0 aliphatic rings. The summed E-state index contributed by atoms with van der Waals surface area (Å²) < 4.78 is 15.1. The van der Waals surface area contributed by atoms with E-state index in [1.165, 1.54) is 13.8 Å². The molecule has 0 aromatic heterocycles. The number of unbranched alkanes of at least 4 members (excludes halogenated alkanes) is 2. The number of carbonyl (C=O) groups excluding carboxylic acids is 3. The molecular weight excluding hydrogens is 447 g/mol. The number of aliphatic hydroxyl groups excluding tert-OH is 1. The van der Waals surface area contributed by atoms with Gasteiger partial charge in [-0.25, -0.2) is 4.57 Å². The van der Waals surface area contributed by atoms with Crippen LogP contribution in [0.3, 0.4) is 0 Å². The topological polar surface area (TPSA) is 162 Å². The zero-order valence-electron chi connectivity index (χ0n) is 18.6. The Kier molecular flexibility index (Phi) is 15.3. The molecule has 0 rings (SSSR count). The second kappa shape index (κ2) is 15.8. The summed E-state index contributed by atoms with van der Waals surface area (Å²) in [6.07, 6.45) is 2.76. The minimum atomic E-state index is -4.71. The van der Waals surface area contributed by atoms with E-state index in [0.29, 0.717) is 25.1 Å². The van der Waals surface area contributed by atoms with Crippen molar-refractivity contribution < 1.29 is 38.4 Å². The second-order valence-corrected chi connectivity index (χ2v) is 10.4. The maximum Gasteiger partial charge on any atom is 0.469 e. The molecule has 182 valence electrons. The van der Waals surface area contributed by atoms with Crippen LogP contribution in [0.2, 0.25) is 0 Å². The SMILES string of the molecule is CCCCCC(=O)CCSCCNC(=O)CCNC(=O)[C@@H](O)C(C)(C)COP(=O)(O)O. The van der Waals surface area contributed by atoms with Gasteiger partial charge in [0.2, 0.25) is 11.8 Å². The minimum Gasteiger partial charge on any atom is -0.383 e. The van der Waals surface area contributed by atoms with Crippen LogP contribution in [0.25, 0.3) is 0 Å². The van der Waals surface area contributed by atoms with Gasteiger partial charge in [0.1, 0.15) is 11.9 Å². The molecule has 0 heterocycles. The Bertz CT molecular complexity index is 612. The Balaban J connectivity index is 3.90. The first-order valence-corrected chi connectivity index (χ1v) is 13.1. The van der Waals surface area contributed by atoms with E-state index in [9.17, 15) is 24.1 Å². The molecule has 0 aromatic rings. The number of phosphoric ester groups is 1. The highest BCUT2D eigenvalue weighted by atomic mass is 32.2. The van der Waals surface area contributed by atoms with E-state index < -0.39 is 31.9 Å². The van der Waals surface area contributed by atoms with Gasteiger partial charge in [0, 0.05) is 49.3 Å². The van der Waals surface area contributed by atoms with Crippen molar-refractivity contribution in [2.45, 2.75) is 65.4 Å². The fourth-order valence-corrected chi connectivity index (χ4v) is 3.74. The predicted molar refractivity (Wildman–Crippen MR) is 120 cm³/mol. The van der Waals surface area contributed by atoms with E-state index in [1.807, 2.05) is 0 Å². The number of phosphoric acid groups is 1. The van der Waals surface area contributed by atoms with E-state index in [4.69, 9.17) is 9.79 Å². The van der Waals surface area contributed by atoms with Crippen molar-refractivity contribution in [3.63, 3.8) is 0 Å². The summed E-state index contributed by atoms with van der Waals surface area (Å²) in [5.41, 5.74) is -1.23. The van der Waals surface area contributed by atoms with Gasteiger partial charge in [0.05, 0.1) is 6.61 Å². The summed E-state index contributed by atoms with van der Waals surface area (Å²) in [6, 6.07) is 0. The summed E-state index contributed by atoms with van der Waals surface area (Å²) in [5.74, 6) is 0.684. The molecule has 2 amide bonds. The lowest BCUT2D eigenvalue weighted by Crippen LogP contribution is -2.46. The molecule has 0 saturated carbocycles. The van der Waals surface area contributed by atoms with Crippen molar-refractivity contribution in [2.75, 3.05) is 31.2 Å². The molecule has 5 N–H and O–H groups in total. The van der Waals surface area contributed by atoms with Crippen LogP contribution >= 0.6 is 19.6 Å². The summed E-state index contributed by atoms with van der Waals surface area (Å²) >= 11 is 1.60. The lowest BCUT2D eigenvalue weighted by Gasteiger charge is -2.29. The van der Waals surface area contributed by atoms with Gasteiger partial charge in [-0.15, -0.1) is 0 Å². The smallest absolute Gasteiger partial charge is 0.383 e. The fraction of sp³-hybridized carbons (Fsp3) is 0.842. The third-order valence-corrected chi connectivity index (χ3v) is 5.85. The Morgan fingerprint density at radius 1 is 1.03 bits per heavy atom. The first kappa shape index (κ1) is 30.0. The van der Waals surface area contributed by atoms with Gasteiger partial charge in [0.25, 0.3) is 0 Å². The van der Waals surface area contributed by atoms with Crippen LogP contribution in [-0.4, -0.2) is 69.8 Å². The lowest BCUT2D eigenvalue weighted by atomic mass is 9.87. The first-order chi connectivity index (χ1) is 14.4. The number of hydrogen-bond acceptors (Lipinski definition) is 7. The van der Waals surface area contributed by atoms with Crippen molar-refractivity contribution in [1.82, 2.24) is 10.6 Å². The third-order valence-electron chi connectivity index (χ3n) is 4.40. The molecule has 10 nitrogen and oxygen atoms in total. The number of hydrogen-bond donors (Lipinski definition) is 5. The zero-order valence-corrected chi connectivity index (χ0v) is 20.3. The Labute approximate surface area is 188 Å². The Hall–Kier alpha value is -0.970. The number of thioether (sulfide) groups is 1. The quantitative estimate of drug-likeness (QED) is 0.143. The normalized spacial score (nSPS) is 13.0. The van der Waals surface area contributed by atoms with E-state index in [-0.39, 0.29) is 24.7 Å². The molecular formula is C19H37N2O8PS. The molecule has 0 aliphatic carbocycles. The van der Waals surface area contributed by atoms with Gasteiger partial charge >= 0.3 is 7.82 Å². The highest BCUT2D eigenvalue weighted by Crippen LogP contribution is 2.38. The van der Waals surface area contributed by atoms with E-state index in [0.717, 1.165) is 25.0 Å². The highest BCUT2D eigenvalue weighted by Gasteiger charge is 2.35. The van der Waals surface area contributed by atoms with E-state index in [1.54, 1.807) is 11.8 Å². The average molecular weight is 485 g/mol. The van der Waals surface area contributed by atoms with Crippen molar-refractivity contribution in [3.05, 3.63) is 0 Å². The average Bonchev–Trinajstić information content (AvgIpc) is 2.68. The molecule has 1 atom stereocenters. The van der Waals surface area contributed by atoms with Gasteiger partial charge < -0.3 is 25.5 Å². The summed E-state index contributed by atoms with van der Waals surface area (Å²) in [4.78, 5) is 52.9. The summed E-state index contributed by atoms with van der Waals surface area (Å²) in [6.45, 7) is 4.90. The molecule has 0 spiro atoms. The van der Waals surface area contributed by atoms with Crippen LogP contribution in [0.15, 0.2) is 0 Å². The van der Waals surface area contributed by atoms with Crippen molar-refractivity contribution in [2.24, 2.45) is 5.41 Å². The number of nitrogens with one attached hydrogen (secondary N) is 2. The highest BCUT2D eigenvalue weighted by molar-refractivity contribution is 7.99. The molecule has 0 radical (unpaired) electrons. The molecule has 0 aliphatic heterocycles. The van der Waals surface area contributed by atoms with Gasteiger partial charge in [0.15, 0.2) is 0 Å². The van der Waals surface area contributed by atoms with Crippen LogP contribution in [0.1, 0.15) is 59.3 Å². The molecule has 0 unspecified atom stereocenters. The molecule has 0 saturated heterocycles. The standard InChI is InChI=1S/C19H37N2O8PS/c1-4-5-6-7-15(22)9-12-31-13-11-20-16(23)8-10-21-18(25)17(24)19(2,3)14-29-30(26,27)28/h17,24H,4-14H2,1-3H3,(H,20,23)(H,21,25)(H2,26,27,28)/t17-/m1/s1. The van der Waals surface area contributed by atoms with E-state index in [2.05, 4.69) is 22.1 Å².